The van der Waals surface area contributed by atoms with Crippen LogP contribution in [0.3, 0.4) is 0 Å². The number of aromatic amines is 1. The summed E-state index contributed by atoms with van der Waals surface area (Å²) in [6.07, 6.45) is 1.12. The SMILES string of the molecule is O=c1[nH]c2ccc([N+](=O)[O-])cc2nc1/C=C(\O)c1ccc(F)cc1. The molecule has 0 fully saturated rings. The van der Waals surface area contributed by atoms with E-state index in [4.69, 9.17) is 0 Å². The summed E-state index contributed by atoms with van der Waals surface area (Å²) in [5, 5.41) is 20.9. The van der Waals surface area contributed by atoms with Crippen LogP contribution >= 0.6 is 0 Å². The Bertz CT molecular complexity index is 1030. The molecule has 0 unspecified atom stereocenters. The van der Waals surface area contributed by atoms with Gasteiger partial charge in [-0.25, -0.2) is 9.37 Å². The van der Waals surface area contributed by atoms with Crippen molar-refractivity contribution in [2.75, 3.05) is 0 Å². The number of hydrogen-bond acceptors (Lipinski definition) is 5. The Hall–Kier alpha value is -3.55. The van der Waals surface area contributed by atoms with Crippen LogP contribution in [0.1, 0.15) is 11.3 Å². The summed E-state index contributed by atoms with van der Waals surface area (Å²) >= 11 is 0. The second kappa shape index (κ2) is 5.92. The lowest BCUT2D eigenvalue weighted by Crippen LogP contribution is -2.12. The van der Waals surface area contributed by atoms with Crippen molar-refractivity contribution in [3.63, 3.8) is 0 Å². The number of hydrogen-bond donors (Lipinski definition) is 2. The quantitative estimate of drug-likeness (QED) is 0.436. The fourth-order valence-corrected chi connectivity index (χ4v) is 2.13. The number of aliphatic hydroxyl groups excluding tert-OH is 1. The van der Waals surface area contributed by atoms with Gasteiger partial charge in [0.25, 0.3) is 11.2 Å². The number of nitro groups is 1. The average molecular weight is 327 g/mol. The summed E-state index contributed by atoms with van der Waals surface area (Å²) in [5.41, 5.74) is -0.00251. The van der Waals surface area contributed by atoms with Crippen molar-refractivity contribution in [2.24, 2.45) is 0 Å². The third kappa shape index (κ3) is 2.98. The van der Waals surface area contributed by atoms with Crippen LogP contribution in [0, 0.1) is 15.9 Å². The number of non-ortho nitro benzene ring substituents is 1. The zero-order chi connectivity index (χ0) is 17.3. The highest BCUT2D eigenvalue weighted by molar-refractivity contribution is 5.80. The molecule has 3 rings (SSSR count). The van der Waals surface area contributed by atoms with Crippen LogP contribution in [0.2, 0.25) is 0 Å². The van der Waals surface area contributed by atoms with E-state index in [-0.39, 0.29) is 22.7 Å². The number of nitrogens with one attached hydrogen (secondary N) is 1. The van der Waals surface area contributed by atoms with Gasteiger partial charge in [0, 0.05) is 23.8 Å². The summed E-state index contributed by atoms with van der Waals surface area (Å²) in [4.78, 5) is 28.8. The van der Waals surface area contributed by atoms with E-state index in [1.165, 1.54) is 42.5 Å². The zero-order valence-corrected chi connectivity index (χ0v) is 12.1. The minimum absolute atomic E-state index is 0.121. The molecular formula is C16H10FN3O4. The molecule has 0 radical (unpaired) electrons. The van der Waals surface area contributed by atoms with Gasteiger partial charge in [0.15, 0.2) is 0 Å². The molecule has 1 heterocycles. The van der Waals surface area contributed by atoms with Gasteiger partial charge in [0.1, 0.15) is 17.3 Å². The molecular weight excluding hydrogens is 317 g/mol. The highest BCUT2D eigenvalue weighted by Crippen LogP contribution is 2.18. The van der Waals surface area contributed by atoms with Crippen LogP contribution in [0.5, 0.6) is 0 Å². The maximum absolute atomic E-state index is 12.9. The van der Waals surface area contributed by atoms with Crippen LogP contribution in [-0.4, -0.2) is 20.0 Å². The van der Waals surface area contributed by atoms with E-state index in [1.54, 1.807) is 0 Å². The molecule has 7 nitrogen and oxygen atoms in total. The molecule has 0 amide bonds. The Balaban J connectivity index is 2.09. The molecule has 0 atom stereocenters. The first kappa shape index (κ1) is 15.3. The smallest absolute Gasteiger partial charge is 0.274 e. The number of rotatable bonds is 3. The molecule has 0 spiro atoms. The molecule has 0 aliphatic rings. The number of benzene rings is 2. The van der Waals surface area contributed by atoms with Gasteiger partial charge in [-0.05, 0) is 30.3 Å². The number of H-pyrrole nitrogens is 1. The first-order valence-electron chi connectivity index (χ1n) is 6.79. The van der Waals surface area contributed by atoms with Gasteiger partial charge < -0.3 is 10.1 Å². The zero-order valence-electron chi connectivity index (χ0n) is 12.1. The fourth-order valence-electron chi connectivity index (χ4n) is 2.13. The van der Waals surface area contributed by atoms with Crippen LogP contribution in [0.25, 0.3) is 22.9 Å². The first-order chi connectivity index (χ1) is 11.4. The molecule has 24 heavy (non-hydrogen) atoms. The monoisotopic (exact) mass is 327 g/mol. The molecule has 0 bridgehead atoms. The lowest BCUT2D eigenvalue weighted by atomic mass is 10.1. The number of fused-ring (bicyclic) bond motifs is 1. The Morgan fingerprint density at radius 1 is 1.25 bits per heavy atom. The lowest BCUT2D eigenvalue weighted by molar-refractivity contribution is -0.384. The van der Waals surface area contributed by atoms with Crippen LogP contribution in [0.4, 0.5) is 10.1 Å². The third-order valence-electron chi connectivity index (χ3n) is 3.33. The van der Waals surface area contributed by atoms with Crippen LogP contribution < -0.4 is 5.56 Å². The summed E-state index contributed by atoms with van der Waals surface area (Å²) < 4.78 is 12.9. The summed E-state index contributed by atoms with van der Waals surface area (Å²) in [6.45, 7) is 0. The minimum atomic E-state index is -0.572. The largest absolute Gasteiger partial charge is 0.507 e. The summed E-state index contributed by atoms with van der Waals surface area (Å²) in [7, 11) is 0. The van der Waals surface area contributed by atoms with Crippen molar-refractivity contribution in [1.29, 1.82) is 0 Å². The van der Waals surface area contributed by atoms with E-state index in [0.29, 0.717) is 11.1 Å². The van der Waals surface area contributed by atoms with Crippen molar-refractivity contribution in [3.05, 3.63) is 80.0 Å². The summed E-state index contributed by atoms with van der Waals surface area (Å²) in [5.74, 6) is -0.738. The molecule has 1 aromatic heterocycles. The maximum Gasteiger partial charge on any atom is 0.274 e. The van der Waals surface area contributed by atoms with Gasteiger partial charge in [0.2, 0.25) is 0 Å². The van der Waals surface area contributed by atoms with E-state index in [9.17, 15) is 24.4 Å². The standard InChI is InChI=1S/C16H10FN3O4/c17-10-3-1-9(2-4-10)15(21)8-14-16(22)19-12-6-5-11(20(23)24)7-13(12)18-14/h1-8,21H,(H,19,22)/b15-8-. The average Bonchev–Trinajstić information content (AvgIpc) is 2.55. The molecule has 0 saturated heterocycles. The van der Waals surface area contributed by atoms with Crippen molar-refractivity contribution < 1.29 is 14.4 Å². The maximum atomic E-state index is 12.9. The van der Waals surface area contributed by atoms with Crippen molar-refractivity contribution >= 4 is 28.6 Å². The Morgan fingerprint density at radius 3 is 2.62 bits per heavy atom. The Kier molecular flexibility index (Phi) is 3.78. The molecule has 0 saturated carbocycles. The van der Waals surface area contributed by atoms with E-state index >= 15 is 0 Å². The number of halogens is 1. The highest BCUT2D eigenvalue weighted by atomic mass is 19.1. The number of aromatic nitrogens is 2. The molecule has 0 aliphatic carbocycles. The van der Waals surface area contributed by atoms with Gasteiger partial charge in [-0.1, -0.05) is 0 Å². The Labute approximate surface area is 133 Å². The van der Waals surface area contributed by atoms with Gasteiger partial charge >= 0.3 is 0 Å². The first-order valence-corrected chi connectivity index (χ1v) is 6.79. The molecule has 2 N–H and O–H groups in total. The second-order valence-corrected chi connectivity index (χ2v) is 4.95. The predicted octanol–water partition coefficient (Wildman–Crippen LogP) is 3.03. The number of nitro benzene ring substituents is 1. The van der Waals surface area contributed by atoms with E-state index in [1.807, 2.05) is 0 Å². The van der Waals surface area contributed by atoms with E-state index in [0.717, 1.165) is 6.08 Å². The third-order valence-corrected chi connectivity index (χ3v) is 3.33. The Morgan fingerprint density at radius 2 is 1.96 bits per heavy atom. The molecule has 3 aromatic rings. The number of aliphatic hydroxyl groups is 1. The fraction of sp³-hybridized carbons (Fsp3) is 0. The minimum Gasteiger partial charge on any atom is -0.507 e. The van der Waals surface area contributed by atoms with Gasteiger partial charge in [-0.2, -0.15) is 0 Å². The predicted molar refractivity (Wildman–Crippen MR) is 85.9 cm³/mol. The van der Waals surface area contributed by atoms with E-state index < -0.39 is 16.3 Å². The topological polar surface area (TPSA) is 109 Å². The van der Waals surface area contributed by atoms with Gasteiger partial charge in [0.05, 0.1) is 16.0 Å². The van der Waals surface area contributed by atoms with Gasteiger partial charge in [-0.3, -0.25) is 14.9 Å². The van der Waals surface area contributed by atoms with Crippen LogP contribution in [0.15, 0.2) is 47.3 Å². The van der Waals surface area contributed by atoms with Crippen molar-refractivity contribution in [1.82, 2.24) is 9.97 Å². The van der Waals surface area contributed by atoms with Crippen molar-refractivity contribution in [3.8, 4) is 0 Å². The van der Waals surface area contributed by atoms with Gasteiger partial charge in [-0.15, -0.1) is 0 Å². The van der Waals surface area contributed by atoms with Crippen molar-refractivity contribution in [2.45, 2.75) is 0 Å². The normalized spacial score (nSPS) is 11.6. The molecule has 8 heteroatoms. The highest BCUT2D eigenvalue weighted by Gasteiger charge is 2.10. The second-order valence-electron chi connectivity index (χ2n) is 4.95. The van der Waals surface area contributed by atoms with Crippen LogP contribution in [-0.2, 0) is 0 Å². The number of nitrogens with zero attached hydrogens (tertiary/aromatic N) is 2. The van der Waals surface area contributed by atoms with E-state index in [2.05, 4.69) is 9.97 Å². The summed E-state index contributed by atoms with van der Waals surface area (Å²) in [6, 6.07) is 8.89. The molecule has 120 valence electrons. The molecule has 2 aromatic carbocycles. The lowest BCUT2D eigenvalue weighted by Gasteiger charge is -2.02. The molecule has 0 aliphatic heterocycles.